The third-order valence-corrected chi connectivity index (χ3v) is 4.43. The Hall–Kier alpha value is -2.41. The second-order valence-electron chi connectivity index (χ2n) is 5.04. The molecule has 0 bridgehead atoms. The van der Waals surface area contributed by atoms with Crippen molar-refractivity contribution in [2.75, 3.05) is 29.1 Å². The van der Waals surface area contributed by atoms with Crippen LogP contribution < -0.4 is 9.21 Å². The number of para-hydroxylation sites is 1. The van der Waals surface area contributed by atoms with Crippen LogP contribution in [0.5, 0.6) is 0 Å². The molecule has 7 heteroatoms. The fourth-order valence-electron chi connectivity index (χ4n) is 2.06. The quantitative estimate of drug-likeness (QED) is 0.841. The van der Waals surface area contributed by atoms with Gasteiger partial charge in [-0.1, -0.05) is 24.3 Å². The highest BCUT2D eigenvalue weighted by atomic mass is 32.2. The summed E-state index contributed by atoms with van der Waals surface area (Å²) in [5, 5.41) is 0. The van der Waals surface area contributed by atoms with Crippen LogP contribution in [0.15, 0.2) is 54.6 Å². The molecule has 0 atom stereocenters. The summed E-state index contributed by atoms with van der Waals surface area (Å²) in [4.78, 5) is 13.7. The van der Waals surface area contributed by atoms with Crippen LogP contribution in [0.25, 0.3) is 0 Å². The van der Waals surface area contributed by atoms with Crippen molar-refractivity contribution in [2.24, 2.45) is 0 Å². The molecule has 2 aromatic carbocycles. The highest BCUT2D eigenvalue weighted by Crippen LogP contribution is 2.19. The van der Waals surface area contributed by atoms with Gasteiger partial charge in [-0.25, -0.2) is 12.8 Å². The van der Waals surface area contributed by atoms with E-state index in [0.717, 1.165) is 16.6 Å². The van der Waals surface area contributed by atoms with Crippen molar-refractivity contribution >= 4 is 27.3 Å². The summed E-state index contributed by atoms with van der Waals surface area (Å²) in [6.07, 6.45) is 0.980. The fourth-order valence-corrected chi connectivity index (χ4v) is 2.90. The van der Waals surface area contributed by atoms with E-state index in [2.05, 4.69) is 0 Å². The van der Waals surface area contributed by atoms with E-state index in [-0.39, 0.29) is 5.69 Å². The number of nitrogens with zero attached hydrogens (tertiary/aromatic N) is 2. The average molecular weight is 336 g/mol. The van der Waals surface area contributed by atoms with Gasteiger partial charge in [0.25, 0.3) is 0 Å². The Morgan fingerprint density at radius 3 is 2.22 bits per heavy atom. The number of sulfonamides is 1. The van der Waals surface area contributed by atoms with E-state index in [4.69, 9.17) is 0 Å². The van der Waals surface area contributed by atoms with E-state index in [0.29, 0.717) is 5.69 Å². The minimum absolute atomic E-state index is 0.113. The minimum Gasteiger partial charge on any atom is -0.314 e. The second-order valence-corrected chi connectivity index (χ2v) is 6.94. The highest BCUT2D eigenvalue weighted by Gasteiger charge is 2.23. The van der Waals surface area contributed by atoms with Crippen LogP contribution in [0.1, 0.15) is 0 Å². The zero-order valence-corrected chi connectivity index (χ0v) is 13.6. The summed E-state index contributed by atoms with van der Waals surface area (Å²) in [7, 11) is -2.17. The maximum absolute atomic E-state index is 13.4. The number of hydrogen-bond donors (Lipinski definition) is 0. The largest absolute Gasteiger partial charge is 0.314 e. The molecule has 0 fully saturated rings. The Kier molecular flexibility index (Phi) is 5.00. The molecule has 0 aliphatic carbocycles. The summed E-state index contributed by atoms with van der Waals surface area (Å²) in [5.74, 6) is -0.995. The van der Waals surface area contributed by atoms with Gasteiger partial charge in [0.15, 0.2) is 0 Å². The third kappa shape index (κ3) is 4.29. The number of benzene rings is 2. The van der Waals surface area contributed by atoms with Crippen molar-refractivity contribution in [3.05, 3.63) is 60.4 Å². The fraction of sp³-hybridized carbons (Fsp3) is 0.188. The molecule has 2 rings (SSSR count). The van der Waals surface area contributed by atoms with Crippen molar-refractivity contribution in [1.82, 2.24) is 0 Å². The summed E-state index contributed by atoms with van der Waals surface area (Å²) < 4.78 is 38.2. The lowest BCUT2D eigenvalue weighted by molar-refractivity contribution is -0.116. The number of carbonyl (C=O) groups is 1. The van der Waals surface area contributed by atoms with E-state index < -0.39 is 28.3 Å². The van der Waals surface area contributed by atoms with Gasteiger partial charge >= 0.3 is 0 Å². The van der Waals surface area contributed by atoms with Crippen molar-refractivity contribution < 1.29 is 17.6 Å². The van der Waals surface area contributed by atoms with Crippen molar-refractivity contribution in [3.63, 3.8) is 0 Å². The van der Waals surface area contributed by atoms with E-state index in [1.54, 1.807) is 31.3 Å². The molecule has 0 aliphatic rings. The molecule has 0 aromatic heterocycles. The monoisotopic (exact) mass is 336 g/mol. The number of halogens is 1. The molecule has 0 heterocycles. The first-order chi connectivity index (χ1) is 10.8. The van der Waals surface area contributed by atoms with Gasteiger partial charge in [0.05, 0.1) is 11.9 Å². The molecule has 0 spiro atoms. The van der Waals surface area contributed by atoms with Crippen LogP contribution in [0.2, 0.25) is 0 Å². The summed E-state index contributed by atoms with van der Waals surface area (Å²) in [6.45, 7) is -0.409. The van der Waals surface area contributed by atoms with Crippen LogP contribution >= 0.6 is 0 Å². The van der Waals surface area contributed by atoms with Gasteiger partial charge in [-0.05, 0) is 30.3 Å². The molecule has 0 saturated carbocycles. The Morgan fingerprint density at radius 1 is 1.04 bits per heavy atom. The number of amides is 1. The predicted octanol–water partition coefficient (Wildman–Crippen LogP) is 2.25. The lowest BCUT2D eigenvalue weighted by atomic mass is 10.3. The summed E-state index contributed by atoms with van der Waals surface area (Å²) >= 11 is 0. The second kappa shape index (κ2) is 6.78. The molecule has 0 radical (unpaired) electrons. The smallest absolute Gasteiger partial charge is 0.247 e. The molecular weight excluding hydrogens is 319 g/mol. The number of carbonyl (C=O) groups excluding carboxylic acids is 1. The SMILES string of the molecule is CN(C(=O)CN(c1cccc(F)c1)S(C)(=O)=O)c1ccccc1. The molecule has 0 saturated heterocycles. The molecule has 23 heavy (non-hydrogen) atoms. The average Bonchev–Trinajstić information content (AvgIpc) is 2.51. The van der Waals surface area contributed by atoms with Crippen LogP contribution in [-0.2, 0) is 14.8 Å². The number of hydrogen-bond acceptors (Lipinski definition) is 3. The van der Waals surface area contributed by atoms with Crippen LogP contribution in [0.4, 0.5) is 15.8 Å². The highest BCUT2D eigenvalue weighted by molar-refractivity contribution is 7.92. The Labute approximate surface area is 135 Å². The molecule has 122 valence electrons. The van der Waals surface area contributed by atoms with Crippen molar-refractivity contribution in [1.29, 1.82) is 0 Å². The standard InChI is InChI=1S/C16H17FN2O3S/c1-18(14-8-4-3-5-9-14)16(20)12-19(23(2,21)22)15-10-6-7-13(17)11-15/h3-11H,12H2,1-2H3. The molecule has 2 aromatic rings. The lowest BCUT2D eigenvalue weighted by Crippen LogP contribution is -2.41. The van der Waals surface area contributed by atoms with Gasteiger partial charge in [-0.2, -0.15) is 0 Å². The Balaban J connectivity index is 2.27. The summed E-state index contributed by atoms with van der Waals surface area (Å²) in [6, 6.07) is 14.0. The first-order valence-electron chi connectivity index (χ1n) is 6.84. The topological polar surface area (TPSA) is 57.7 Å². The Morgan fingerprint density at radius 2 is 1.65 bits per heavy atom. The normalized spacial score (nSPS) is 11.1. The van der Waals surface area contributed by atoms with Crippen molar-refractivity contribution in [3.8, 4) is 0 Å². The van der Waals surface area contributed by atoms with Gasteiger partial charge in [0.1, 0.15) is 12.4 Å². The molecule has 1 amide bonds. The molecule has 0 unspecified atom stereocenters. The van der Waals surface area contributed by atoms with Crippen LogP contribution in [0.3, 0.4) is 0 Å². The van der Waals surface area contributed by atoms with Gasteiger partial charge < -0.3 is 4.90 Å². The number of anilines is 2. The van der Waals surface area contributed by atoms with E-state index in [9.17, 15) is 17.6 Å². The molecular formula is C16H17FN2O3S. The zero-order valence-electron chi connectivity index (χ0n) is 12.8. The molecule has 5 nitrogen and oxygen atoms in total. The van der Waals surface area contributed by atoms with E-state index >= 15 is 0 Å². The van der Waals surface area contributed by atoms with Gasteiger partial charge in [-0.15, -0.1) is 0 Å². The van der Waals surface area contributed by atoms with Gasteiger partial charge in [-0.3, -0.25) is 9.10 Å². The lowest BCUT2D eigenvalue weighted by Gasteiger charge is -2.25. The first kappa shape index (κ1) is 17.0. The predicted molar refractivity (Wildman–Crippen MR) is 88.4 cm³/mol. The number of rotatable bonds is 5. The van der Waals surface area contributed by atoms with E-state index in [1.807, 2.05) is 6.07 Å². The molecule has 0 aliphatic heterocycles. The minimum atomic E-state index is -3.73. The van der Waals surface area contributed by atoms with Crippen molar-refractivity contribution in [2.45, 2.75) is 0 Å². The van der Waals surface area contributed by atoms with Crippen LogP contribution in [0, 0.1) is 5.82 Å². The summed E-state index contributed by atoms with van der Waals surface area (Å²) in [5.41, 5.74) is 0.757. The molecule has 0 N–H and O–H groups in total. The van der Waals surface area contributed by atoms with Gasteiger partial charge in [0, 0.05) is 12.7 Å². The third-order valence-electron chi connectivity index (χ3n) is 3.29. The first-order valence-corrected chi connectivity index (χ1v) is 8.69. The number of likely N-dealkylation sites (N-methyl/N-ethyl adjacent to an activating group) is 1. The zero-order chi connectivity index (χ0) is 17.0. The maximum atomic E-state index is 13.4. The van der Waals surface area contributed by atoms with Gasteiger partial charge in [0.2, 0.25) is 15.9 Å². The van der Waals surface area contributed by atoms with Crippen LogP contribution in [-0.4, -0.2) is 34.2 Å². The van der Waals surface area contributed by atoms with E-state index in [1.165, 1.54) is 23.1 Å². The maximum Gasteiger partial charge on any atom is 0.247 e. The Bertz CT molecular complexity index is 794.